The molecule has 0 unspecified atom stereocenters. The van der Waals surface area contributed by atoms with Crippen LogP contribution in [0.2, 0.25) is 0 Å². The Hall–Kier alpha value is -2.84. The van der Waals surface area contributed by atoms with Crippen LogP contribution in [0.1, 0.15) is 44.2 Å². The number of aromatic nitrogens is 4. The quantitative estimate of drug-likeness (QED) is 0.260. The second kappa shape index (κ2) is 11.7. The predicted octanol–water partition coefficient (Wildman–Crippen LogP) is 2.12. The zero-order valence-corrected chi connectivity index (χ0v) is 21.6. The lowest BCUT2D eigenvalue weighted by Gasteiger charge is -2.44. The number of esters is 3. The molecule has 3 heterocycles. The molecule has 3 rings (SSSR count). The minimum atomic E-state index is -1.10. The summed E-state index contributed by atoms with van der Waals surface area (Å²) < 4.78 is 24.5. The topological polar surface area (TPSA) is 149 Å². The number of pyridine rings is 1. The van der Waals surface area contributed by atoms with Gasteiger partial charge in [0.25, 0.3) is 0 Å². The van der Waals surface area contributed by atoms with E-state index >= 15 is 0 Å². The standard InChI is InChI=1S/C21H23BrN4O8S/c1-10(27)16-8-26(25-24-16)18-19(32-12(3)29)17(9-31-11(2)28)34-21(20(18)33-13(4)30)35-15-5-14(22)6-23-7-15/h5-8,17-21H,9H2,1-4H3/t17-,18+,19+,20-,21-/m1/s1. The average Bonchev–Trinajstić information content (AvgIpc) is 3.24. The van der Waals surface area contributed by atoms with Crippen LogP contribution in [0.3, 0.4) is 0 Å². The molecule has 0 N–H and O–H groups in total. The molecule has 0 aliphatic carbocycles. The zero-order chi connectivity index (χ0) is 25.7. The van der Waals surface area contributed by atoms with Crippen LogP contribution in [0.4, 0.5) is 0 Å². The van der Waals surface area contributed by atoms with Gasteiger partial charge in [0.05, 0.1) is 6.20 Å². The van der Waals surface area contributed by atoms with E-state index in [-0.39, 0.29) is 18.1 Å². The first-order chi connectivity index (χ1) is 16.5. The Morgan fingerprint density at radius 2 is 1.74 bits per heavy atom. The van der Waals surface area contributed by atoms with E-state index in [1.165, 1.54) is 50.3 Å². The summed E-state index contributed by atoms with van der Waals surface area (Å²) in [5.41, 5.74) is -0.797. The molecule has 2 aromatic rings. The van der Waals surface area contributed by atoms with Gasteiger partial charge < -0.3 is 18.9 Å². The summed E-state index contributed by atoms with van der Waals surface area (Å²) in [4.78, 5) is 52.3. The first-order valence-electron chi connectivity index (χ1n) is 10.4. The average molecular weight is 571 g/mol. The monoisotopic (exact) mass is 570 g/mol. The Balaban J connectivity index is 2.09. The SMILES string of the molecule is CC(=O)OC[C@H]1O[C@H](Sc2cncc(Br)c2)[C@H](OC(C)=O)[C@@H](n2cc(C(C)=O)nn2)[C@H]1OC(C)=O. The number of carbonyl (C=O) groups excluding carboxylic acids is 4. The molecule has 0 amide bonds. The molecule has 12 nitrogen and oxygen atoms in total. The van der Waals surface area contributed by atoms with Gasteiger partial charge in [-0.2, -0.15) is 0 Å². The van der Waals surface area contributed by atoms with Crippen LogP contribution in [0.25, 0.3) is 0 Å². The van der Waals surface area contributed by atoms with Gasteiger partial charge in [-0.15, -0.1) is 5.10 Å². The summed E-state index contributed by atoms with van der Waals surface area (Å²) in [6.45, 7) is 4.75. The molecule has 1 aliphatic heterocycles. The fraction of sp³-hybridized carbons (Fsp3) is 0.476. The van der Waals surface area contributed by atoms with Crippen molar-refractivity contribution in [1.29, 1.82) is 0 Å². The third kappa shape index (κ3) is 7.08. The van der Waals surface area contributed by atoms with Gasteiger partial charge in [0.15, 0.2) is 18.0 Å². The summed E-state index contributed by atoms with van der Waals surface area (Å²) in [6.07, 6.45) is 1.47. The van der Waals surface area contributed by atoms with Crippen LogP contribution in [-0.4, -0.2) is 74.0 Å². The smallest absolute Gasteiger partial charge is 0.303 e. The van der Waals surface area contributed by atoms with Crippen molar-refractivity contribution in [3.63, 3.8) is 0 Å². The van der Waals surface area contributed by atoms with Crippen molar-refractivity contribution in [2.24, 2.45) is 0 Å². The molecule has 5 atom stereocenters. The molecule has 1 saturated heterocycles. The van der Waals surface area contributed by atoms with Crippen LogP contribution < -0.4 is 0 Å². The van der Waals surface area contributed by atoms with Crippen LogP contribution >= 0.6 is 27.7 Å². The molecule has 14 heteroatoms. The fourth-order valence-electron chi connectivity index (χ4n) is 3.45. The number of rotatable bonds is 8. The molecule has 2 aromatic heterocycles. The highest BCUT2D eigenvalue weighted by Crippen LogP contribution is 2.41. The van der Waals surface area contributed by atoms with E-state index in [0.717, 1.165) is 4.47 Å². The van der Waals surface area contributed by atoms with Crippen molar-refractivity contribution in [2.45, 2.75) is 62.4 Å². The highest BCUT2D eigenvalue weighted by Gasteiger charge is 2.52. The van der Waals surface area contributed by atoms with Crippen molar-refractivity contribution < 1.29 is 38.1 Å². The number of carbonyl (C=O) groups is 4. The van der Waals surface area contributed by atoms with Crippen molar-refractivity contribution >= 4 is 51.4 Å². The predicted molar refractivity (Wildman–Crippen MR) is 123 cm³/mol. The minimum absolute atomic E-state index is 0.0663. The van der Waals surface area contributed by atoms with Crippen molar-refractivity contribution in [2.75, 3.05) is 6.61 Å². The van der Waals surface area contributed by atoms with Crippen LogP contribution in [-0.2, 0) is 33.3 Å². The Morgan fingerprint density at radius 3 is 2.31 bits per heavy atom. The van der Waals surface area contributed by atoms with Gasteiger partial charge >= 0.3 is 17.9 Å². The Bertz CT molecular complexity index is 1110. The van der Waals surface area contributed by atoms with Gasteiger partial charge in [-0.3, -0.25) is 24.2 Å². The maximum Gasteiger partial charge on any atom is 0.303 e. The molecule has 0 spiro atoms. The molecular formula is C21H23BrN4O8S. The zero-order valence-electron chi connectivity index (χ0n) is 19.2. The van der Waals surface area contributed by atoms with Gasteiger partial charge in [-0.25, -0.2) is 4.68 Å². The number of nitrogens with zero attached hydrogens (tertiary/aromatic N) is 4. The Kier molecular flexibility index (Phi) is 8.97. The minimum Gasteiger partial charge on any atom is -0.463 e. The van der Waals surface area contributed by atoms with Gasteiger partial charge in [-0.05, 0) is 22.0 Å². The van der Waals surface area contributed by atoms with Crippen molar-refractivity contribution in [3.8, 4) is 0 Å². The van der Waals surface area contributed by atoms with Crippen molar-refractivity contribution in [1.82, 2.24) is 20.0 Å². The van der Waals surface area contributed by atoms with Gasteiger partial charge in [0.1, 0.15) is 29.9 Å². The van der Waals surface area contributed by atoms with Gasteiger partial charge in [-0.1, -0.05) is 17.0 Å². The molecule has 1 fully saturated rings. The highest BCUT2D eigenvalue weighted by molar-refractivity contribution is 9.10. The fourth-order valence-corrected chi connectivity index (χ4v) is 5.10. The number of ether oxygens (including phenoxy) is 4. The van der Waals surface area contributed by atoms with Crippen molar-refractivity contribution in [3.05, 3.63) is 34.8 Å². The van der Waals surface area contributed by atoms with E-state index in [0.29, 0.717) is 4.90 Å². The van der Waals surface area contributed by atoms with Gasteiger partial charge in [0.2, 0.25) is 0 Å². The second-order valence-corrected chi connectivity index (χ2v) is 9.67. The molecule has 35 heavy (non-hydrogen) atoms. The van der Waals surface area contributed by atoms with E-state index in [9.17, 15) is 19.2 Å². The summed E-state index contributed by atoms with van der Waals surface area (Å²) in [5.74, 6) is -2.16. The molecule has 0 bridgehead atoms. The molecule has 0 aromatic carbocycles. The van der Waals surface area contributed by atoms with E-state index in [1.807, 2.05) is 0 Å². The van der Waals surface area contributed by atoms with E-state index in [2.05, 4.69) is 31.2 Å². The number of hydrogen-bond acceptors (Lipinski definition) is 12. The molecule has 188 valence electrons. The first kappa shape index (κ1) is 26.8. The molecule has 0 radical (unpaired) electrons. The third-order valence-corrected chi connectivity index (χ3v) is 6.32. The second-order valence-electron chi connectivity index (χ2n) is 7.58. The van der Waals surface area contributed by atoms with Crippen LogP contribution in [0.15, 0.2) is 34.0 Å². The molecule has 1 aliphatic rings. The van der Waals surface area contributed by atoms with Crippen LogP contribution in [0.5, 0.6) is 0 Å². The van der Waals surface area contributed by atoms with E-state index in [1.54, 1.807) is 18.5 Å². The van der Waals surface area contributed by atoms with E-state index < -0.39 is 47.7 Å². The maximum absolute atomic E-state index is 12.1. The summed E-state index contributed by atoms with van der Waals surface area (Å²) >= 11 is 4.56. The number of halogens is 1. The number of thioether (sulfide) groups is 1. The molecular weight excluding hydrogens is 548 g/mol. The largest absolute Gasteiger partial charge is 0.463 e. The number of Topliss-reactive ketones (excluding diaryl/α,β-unsaturated/α-hetero) is 1. The number of ketones is 1. The first-order valence-corrected chi connectivity index (χ1v) is 12.1. The summed E-state index contributed by atoms with van der Waals surface area (Å²) in [5, 5.41) is 7.90. The van der Waals surface area contributed by atoms with Crippen LogP contribution in [0, 0.1) is 0 Å². The Morgan fingerprint density at radius 1 is 1.06 bits per heavy atom. The summed E-state index contributed by atoms with van der Waals surface area (Å²) in [7, 11) is 0. The van der Waals surface area contributed by atoms with Gasteiger partial charge in [0, 0.05) is 49.5 Å². The molecule has 0 saturated carbocycles. The number of hydrogen-bond donors (Lipinski definition) is 0. The highest BCUT2D eigenvalue weighted by atomic mass is 79.9. The summed E-state index contributed by atoms with van der Waals surface area (Å²) in [6, 6.07) is 0.832. The maximum atomic E-state index is 12.1. The lowest BCUT2D eigenvalue weighted by Crippen LogP contribution is -2.57. The Labute approximate surface area is 213 Å². The van der Waals surface area contributed by atoms with E-state index in [4.69, 9.17) is 18.9 Å². The lowest BCUT2D eigenvalue weighted by molar-refractivity contribution is -0.212. The normalized spacial score (nSPS) is 23.9. The third-order valence-electron chi connectivity index (χ3n) is 4.78. The lowest BCUT2D eigenvalue weighted by atomic mass is 9.96.